The zero-order valence-electron chi connectivity index (χ0n) is 12.7. The summed E-state index contributed by atoms with van der Waals surface area (Å²) in [4.78, 5) is 24.0. The number of benzene rings is 1. The summed E-state index contributed by atoms with van der Waals surface area (Å²) in [6.45, 7) is 2.44. The Kier molecular flexibility index (Phi) is 4.32. The van der Waals surface area contributed by atoms with Crippen LogP contribution in [0.15, 0.2) is 34.9 Å². The Balaban J connectivity index is 1.65. The smallest absolute Gasteiger partial charge is 0.342 e. The molecule has 3 rings (SSSR count). The molecular formula is C17H16O6. The van der Waals surface area contributed by atoms with Crippen molar-refractivity contribution in [2.75, 3.05) is 19.8 Å². The van der Waals surface area contributed by atoms with Crippen molar-refractivity contribution in [2.45, 2.75) is 13.3 Å². The Morgan fingerprint density at radius 2 is 1.91 bits per heavy atom. The van der Waals surface area contributed by atoms with Crippen LogP contribution in [-0.4, -0.2) is 31.6 Å². The van der Waals surface area contributed by atoms with Crippen LogP contribution < -0.4 is 9.47 Å². The molecule has 120 valence electrons. The topological polar surface area (TPSA) is 75.0 Å². The molecule has 0 saturated heterocycles. The van der Waals surface area contributed by atoms with E-state index in [0.29, 0.717) is 41.6 Å². The van der Waals surface area contributed by atoms with Gasteiger partial charge in [0.1, 0.15) is 11.3 Å². The number of ketones is 1. The first kappa shape index (κ1) is 15.1. The van der Waals surface area contributed by atoms with Crippen molar-refractivity contribution >= 4 is 11.8 Å². The number of furan rings is 1. The van der Waals surface area contributed by atoms with Gasteiger partial charge in [0.25, 0.3) is 0 Å². The highest BCUT2D eigenvalue weighted by Crippen LogP contribution is 2.30. The number of hydrogen-bond donors (Lipinski definition) is 0. The highest BCUT2D eigenvalue weighted by atomic mass is 16.5. The second-order valence-electron chi connectivity index (χ2n) is 5.10. The number of aryl methyl sites for hydroxylation is 1. The largest absolute Gasteiger partial charge is 0.490 e. The summed E-state index contributed by atoms with van der Waals surface area (Å²) < 4.78 is 21.1. The first-order valence-corrected chi connectivity index (χ1v) is 7.29. The van der Waals surface area contributed by atoms with Crippen LogP contribution in [0.1, 0.15) is 32.9 Å². The fourth-order valence-electron chi connectivity index (χ4n) is 2.23. The number of rotatable bonds is 4. The Labute approximate surface area is 132 Å². The van der Waals surface area contributed by atoms with Gasteiger partial charge in [-0.3, -0.25) is 4.79 Å². The molecule has 0 unspecified atom stereocenters. The number of carbonyl (C=O) groups excluding carboxylic acids is 2. The Bertz CT molecular complexity index is 730. The van der Waals surface area contributed by atoms with Crippen molar-refractivity contribution in [1.29, 1.82) is 0 Å². The second kappa shape index (κ2) is 6.56. The molecule has 6 heteroatoms. The van der Waals surface area contributed by atoms with Gasteiger partial charge in [0.15, 0.2) is 23.9 Å². The highest BCUT2D eigenvalue weighted by molar-refractivity contribution is 6.00. The van der Waals surface area contributed by atoms with Crippen LogP contribution in [0.3, 0.4) is 0 Å². The summed E-state index contributed by atoms with van der Waals surface area (Å²) in [5.74, 6) is 0.711. The molecule has 0 saturated carbocycles. The minimum Gasteiger partial charge on any atom is -0.490 e. The van der Waals surface area contributed by atoms with Gasteiger partial charge in [0, 0.05) is 12.0 Å². The number of Topliss-reactive ketones (excluding diaryl/α,β-unsaturated/α-hetero) is 1. The SMILES string of the molecule is Cc1occc1C(=O)OCC(=O)c1ccc2c(c1)OCCCO2. The number of ether oxygens (including phenoxy) is 3. The predicted octanol–water partition coefficient (Wildman–Crippen LogP) is 2.79. The van der Waals surface area contributed by atoms with E-state index >= 15 is 0 Å². The fraction of sp³-hybridized carbons (Fsp3) is 0.294. The van der Waals surface area contributed by atoms with Crippen LogP contribution in [-0.2, 0) is 4.74 Å². The lowest BCUT2D eigenvalue weighted by Crippen LogP contribution is -2.14. The van der Waals surface area contributed by atoms with Crippen molar-refractivity contribution in [2.24, 2.45) is 0 Å². The molecular weight excluding hydrogens is 300 g/mol. The van der Waals surface area contributed by atoms with E-state index in [9.17, 15) is 9.59 Å². The maximum Gasteiger partial charge on any atom is 0.342 e. The molecule has 0 radical (unpaired) electrons. The minimum atomic E-state index is -0.584. The second-order valence-corrected chi connectivity index (χ2v) is 5.10. The standard InChI is InChI=1S/C17H16O6/c1-11-13(5-8-20-11)17(19)23-10-14(18)12-3-4-15-16(9-12)22-7-2-6-21-15/h3-5,8-9H,2,6-7,10H2,1H3. The van der Waals surface area contributed by atoms with Crippen LogP contribution in [0.5, 0.6) is 11.5 Å². The monoisotopic (exact) mass is 316 g/mol. The third kappa shape index (κ3) is 3.36. The molecule has 0 aliphatic carbocycles. The molecule has 0 amide bonds. The first-order valence-electron chi connectivity index (χ1n) is 7.29. The Morgan fingerprint density at radius 1 is 1.13 bits per heavy atom. The minimum absolute atomic E-state index is 0.310. The zero-order chi connectivity index (χ0) is 16.2. The van der Waals surface area contributed by atoms with Gasteiger partial charge < -0.3 is 18.6 Å². The van der Waals surface area contributed by atoms with Gasteiger partial charge in [-0.1, -0.05) is 0 Å². The predicted molar refractivity (Wildman–Crippen MR) is 80.1 cm³/mol. The van der Waals surface area contributed by atoms with Gasteiger partial charge in [-0.05, 0) is 31.2 Å². The third-order valence-electron chi connectivity index (χ3n) is 3.48. The Morgan fingerprint density at radius 3 is 2.65 bits per heavy atom. The van der Waals surface area contributed by atoms with Crippen molar-refractivity contribution in [3.05, 3.63) is 47.4 Å². The molecule has 0 atom stereocenters. The van der Waals surface area contributed by atoms with Gasteiger partial charge in [-0.2, -0.15) is 0 Å². The number of hydrogen-bond acceptors (Lipinski definition) is 6. The molecule has 1 aliphatic heterocycles. The van der Waals surface area contributed by atoms with Gasteiger partial charge in [0.2, 0.25) is 0 Å². The summed E-state index contributed by atoms with van der Waals surface area (Å²) in [5.41, 5.74) is 0.724. The summed E-state index contributed by atoms with van der Waals surface area (Å²) >= 11 is 0. The van der Waals surface area contributed by atoms with Crippen LogP contribution >= 0.6 is 0 Å². The normalized spacial score (nSPS) is 13.3. The first-order chi connectivity index (χ1) is 11.1. The zero-order valence-corrected chi connectivity index (χ0v) is 12.7. The molecule has 0 bridgehead atoms. The lowest BCUT2D eigenvalue weighted by Gasteiger charge is -2.09. The van der Waals surface area contributed by atoms with Crippen molar-refractivity contribution in [3.8, 4) is 11.5 Å². The van der Waals surface area contributed by atoms with Gasteiger partial charge >= 0.3 is 5.97 Å². The Hall–Kier alpha value is -2.76. The van der Waals surface area contributed by atoms with E-state index in [0.717, 1.165) is 6.42 Å². The summed E-state index contributed by atoms with van der Waals surface area (Å²) in [7, 11) is 0. The van der Waals surface area contributed by atoms with Crippen molar-refractivity contribution in [1.82, 2.24) is 0 Å². The summed E-state index contributed by atoms with van der Waals surface area (Å²) in [6, 6.07) is 6.44. The van der Waals surface area contributed by atoms with Gasteiger partial charge in [-0.25, -0.2) is 4.79 Å². The molecule has 23 heavy (non-hydrogen) atoms. The molecule has 0 spiro atoms. The molecule has 2 heterocycles. The lowest BCUT2D eigenvalue weighted by molar-refractivity contribution is 0.0473. The molecule has 0 fully saturated rings. The molecule has 2 aromatic rings. The average molecular weight is 316 g/mol. The highest BCUT2D eigenvalue weighted by Gasteiger charge is 2.17. The number of carbonyl (C=O) groups is 2. The van der Waals surface area contributed by atoms with Crippen LogP contribution in [0.4, 0.5) is 0 Å². The van der Waals surface area contributed by atoms with E-state index in [1.807, 2.05) is 0 Å². The van der Waals surface area contributed by atoms with Crippen molar-refractivity contribution in [3.63, 3.8) is 0 Å². The molecule has 6 nitrogen and oxygen atoms in total. The quantitative estimate of drug-likeness (QED) is 0.638. The van der Waals surface area contributed by atoms with E-state index in [-0.39, 0.29) is 12.4 Å². The molecule has 1 aromatic heterocycles. The van der Waals surface area contributed by atoms with E-state index < -0.39 is 5.97 Å². The fourth-order valence-corrected chi connectivity index (χ4v) is 2.23. The average Bonchev–Trinajstić information content (AvgIpc) is 2.85. The maximum absolute atomic E-state index is 12.2. The van der Waals surface area contributed by atoms with E-state index in [4.69, 9.17) is 18.6 Å². The molecule has 1 aromatic carbocycles. The summed E-state index contributed by atoms with van der Waals surface area (Å²) in [5, 5.41) is 0. The number of fused-ring (bicyclic) bond motifs is 1. The lowest BCUT2D eigenvalue weighted by atomic mass is 10.1. The van der Waals surface area contributed by atoms with Crippen LogP contribution in [0.2, 0.25) is 0 Å². The summed E-state index contributed by atoms with van der Waals surface area (Å²) in [6.07, 6.45) is 2.19. The van der Waals surface area contributed by atoms with Crippen molar-refractivity contribution < 1.29 is 28.2 Å². The van der Waals surface area contributed by atoms with E-state index in [2.05, 4.69) is 0 Å². The molecule has 0 N–H and O–H groups in total. The van der Waals surface area contributed by atoms with Gasteiger partial charge in [-0.15, -0.1) is 0 Å². The third-order valence-corrected chi connectivity index (χ3v) is 3.48. The van der Waals surface area contributed by atoms with Crippen LogP contribution in [0.25, 0.3) is 0 Å². The van der Waals surface area contributed by atoms with Crippen LogP contribution in [0, 0.1) is 6.92 Å². The van der Waals surface area contributed by atoms with E-state index in [1.54, 1.807) is 25.1 Å². The van der Waals surface area contributed by atoms with E-state index in [1.165, 1.54) is 12.3 Å². The molecule has 1 aliphatic rings. The maximum atomic E-state index is 12.2. The number of esters is 1. The van der Waals surface area contributed by atoms with Gasteiger partial charge in [0.05, 0.1) is 19.5 Å².